The van der Waals surface area contributed by atoms with Gasteiger partial charge in [0.15, 0.2) is 0 Å². The molecule has 0 spiro atoms. The van der Waals surface area contributed by atoms with Crippen molar-refractivity contribution in [2.45, 2.75) is 56.6 Å². The monoisotopic (exact) mass is 375 g/mol. The molecule has 0 unspecified atom stereocenters. The Labute approximate surface area is 135 Å². The van der Waals surface area contributed by atoms with Gasteiger partial charge < -0.3 is 5.11 Å². The van der Waals surface area contributed by atoms with Crippen molar-refractivity contribution in [3.8, 4) is 0 Å². The van der Waals surface area contributed by atoms with E-state index in [1.807, 2.05) is 0 Å². The summed E-state index contributed by atoms with van der Waals surface area (Å²) in [5, 5.41) is 9.30. The van der Waals surface area contributed by atoms with Crippen molar-refractivity contribution in [3.63, 3.8) is 0 Å². The van der Waals surface area contributed by atoms with Gasteiger partial charge in [-0.3, -0.25) is 0 Å². The smallest absolute Gasteiger partial charge is 0.243 e. The minimum atomic E-state index is -3.53. The number of sulfonamides is 1. The second-order valence-electron chi connectivity index (χ2n) is 5.67. The molecule has 0 amide bonds. The Hall–Kier alpha value is -0.430. The predicted molar refractivity (Wildman–Crippen MR) is 86.6 cm³/mol. The lowest BCUT2D eigenvalue weighted by atomic mass is 9.96. The van der Waals surface area contributed by atoms with E-state index in [1.54, 1.807) is 26.1 Å². The van der Waals surface area contributed by atoms with Crippen LogP contribution in [0.4, 0.5) is 0 Å². The van der Waals surface area contributed by atoms with Crippen LogP contribution in [0, 0.1) is 6.92 Å². The van der Waals surface area contributed by atoms with Crippen LogP contribution < -0.4 is 0 Å². The largest absolute Gasteiger partial charge is 0.392 e. The molecule has 0 radical (unpaired) electrons. The van der Waals surface area contributed by atoms with Gasteiger partial charge in [-0.25, -0.2) is 8.42 Å². The molecule has 1 aliphatic rings. The first-order valence-corrected chi connectivity index (χ1v) is 9.49. The molecular weight excluding hydrogens is 354 g/mol. The number of benzene rings is 1. The van der Waals surface area contributed by atoms with Crippen molar-refractivity contribution in [2.24, 2.45) is 0 Å². The van der Waals surface area contributed by atoms with Gasteiger partial charge in [-0.1, -0.05) is 35.2 Å². The topological polar surface area (TPSA) is 57.6 Å². The average Bonchev–Trinajstić information content (AvgIpc) is 2.49. The van der Waals surface area contributed by atoms with Gasteiger partial charge in [0.2, 0.25) is 10.0 Å². The summed E-state index contributed by atoms with van der Waals surface area (Å²) in [5.74, 6) is 0. The molecule has 0 heterocycles. The van der Waals surface area contributed by atoms with Crippen LogP contribution in [0.15, 0.2) is 21.5 Å². The summed E-state index contributed by atoms with van der Waals surface area (Å²) in [6.45, 7) is 1.61. The number of nitrogens with zero attached hydrogens (tertiary/aromatic N) is 1. The third kappa shape index (κ3) is 3.50. The minimum absolute atomic E-state index is 0.0831. The zero-order valence-electron chi connectivity index (χ0n) is 12.5. The Morgan fingerprint density at radius 2 is 1.90 bits per heavy atom. The molecule has 2 rings (SSSR count). The second-order valence-corrected chi connectivity index (χ2v) is 8.49. The number of hydrogen-bond acceptors (Lipinski definition) is 3. The molecule has 1 aromatic carbocycles. The number of hydrogen-bond donors (Lipinski definition) is 1. The van der Waals surface area contributed by atoms with Crippen molar-refractivity contribution in [1.29, 1.82) is 0 Å². The van der Waals surface area contributed by atoms with E-state index in [9.17, 15) is 13.5 Å². The summed E-state index contributed by atoms with van der Waals surface area (Å²) in [7, 11) is -1.86. The zero-order chi connectivity index (χ0) is 15.6. The molecule has 21 heavy (non-hydrogen) atoms. The molecule has 0 bridgehead atoms. The normalized spacial score (nSPS) is 17.4. The highest BCUT2D eigenvalue weighted by Crippen LogP contribution is 2.31. The van der Waals surface area contributed by atoms with Gasteiger partial charge >= 0.3 is 0 Å². The molecule has 6 heteroatoms. The van der Waals surface area contributed by atoms with Crippen LogP contribution in [0.25, 0.3) is 0 Å². The highest BCUT2D eigenvalue weighted by atomic mass is 79.9. The molecule has 1 N–H and O–H groups in total. The van der Waals surface area contributed by atoms with E-state index in [-0.39, 0.29) is 17.5 Å². The van der Waals surface area contributed by atoms with Crippen LogP contribution in [-0.2, 0) is 16.6 Å². The minimum Gasteiger partial charge on any atom is -0.392 e. The van der Waals surface area contributed by atoms with Gasteiger partial charge in [-0.15, -0.1) is 0 Å². The number of rotatable bonds is 4. The maximum absolute atomic E-state index is 12.9. The van der Waals surface area contributed by atoms with Crippen molar-refractivity contribution < 1.29 is 13.5 Å². The van der Waals surface area contributed by atoms with E-state index in [1.165, 1.54) is 10.7 Å². The first-order chi connectivity index (χ1) is 9.87. The summed E-state index contributed by atoms with van der Waals surface area (Å²) in [5.41, 5.74) is 1.29. The molecule has 1 aliphatic carbocycles. The third-order valence-electron chi connectivity index (χ3n) is 4.28. The van der Waals surface area contributed by atoms with Gasteiger partial charge in [0.05, 0.1) is 11.5 Å². The maximum Gasteiger partial charge on any atom is 0.243 e. The quantitative estimate of drug-likeness (QED) is 0.878. The molecule has 0 atom stereocenters. The predicted octanol–water partition coefficient (Wildman–Crippen LogP) is 3.20. The molecule has 1 saturated carbocycles. The lowest BCUT2D eigenvalue weighted by Crippen LogP contribution is -2.38. The van der Waals surface area contributed by atoms with E-state index in [0.29, 0.717) is 15.6 Å². The van der Waals surface area contributed by atoms with Gasteiger partial charge in [0, 0.05) is 17.6 Å². The van der Waals surface area contributed by atoms with Crippen molar-refractivity contribution in [3.05, 3.63) is 27.7 Å². The van der Waals surface area contributed by atoms with Crippen molar-refractivity contribution in [2.75, 3.05) is 7.05 Å². The standard InChI is InChI=1S/C15H22BrNO3S/c1-11-14(16)8-12(10-18)9-15(11)21(19,20)17(2)13-6-4-3-5-7-13/h8-9,13,18H,3-7,10H2,1-2H3. The fourth-order valence-electron chi connectivity index (χ4n) is 2.86. The maximum atomic E-state index is 12.9. The number of aliphatic hydroxyl groups excluding tert-OH is 1. The Bertz CT molecular complexity index is 610. The summed E-state index contributed by atoms with van der Waals surface area (Å²) in [6, 6.07) is 3.42. The van der Waals surface area contributed by atoms with Crippen LogP contribution in [0.1, 0.15) is 43.2 Å². The molecule has 1 aromatic rings. The van der Waals surface area contributed by atoms with E-state index >= 15 is 0 Å². The molecule has 0 saturated heterocycles. The van der Waals surface area contributed by atoms with Gasteiger partial charge in [-0.2, -0.15) is 4.31 Å². The third-order valence-corrected chi connectivity index (χ3v) is 7.14. The van der Waals surface area contributed by atoms with E-state index in [2.05, 4.69) is 15.9 Å². The zero-order valence-corrected chi connectivity index (χ0v) is 14.9. The highest BCUT2D eigenvalue weighted by molar-refractivity contribution is 9.10. The van der Waals surface area contributed by atoms with Crippen molar-refractivity contribution >= 4 is 26.0 Å². The van der Waals surface area contributed by atoms with Crippen LogP contribution >= 0.6 is 15.9 Å². The summed E-state index contributed by atoms with van der Waals surface area (Å²) >= 11 is 3.38. The fraction of sp³-hybridized carbons (Fsp3) is 0.600. The van der Waals surface area contributed by atoms with E-state index in [4.69, 9.17) is 0 Å². The van der Waals surface area contributed by atoms with Crippen LogP contribution in [0.5, 0.6) is 0 Å². The van der Waals surface area contributed by atoms with E-state index < -0.39 is 10.0 Å². The number of aliphatic hydroxyl groups is 1. The second kappa shape index (κ2) is 6.77. The lowest BCUT2D eigenvalue weighted by Gasteiger charge is -2.31. The molecule has 118 valence electrons. The van der Waals surface area contributed by atoms with Crippen LogP contribution in [0.3, 0.4) is 0 Å². The lowest BCUT2D eigenvalue weighted by molar-refractivity contribution is 0.280. The Balaban J connectivity index is 2.40. The Kier molecular flexibility index (Phi) is 5.46. The Morgan fingerprint density at radius 3 is 2.48 bits per heavy atom. The SMILES string of the molecule is Cc1c(Br)cc(CO)cc1S(=O)(=O)N(C)C1CCCCC1. The summed E-state index contributed by atoms with van der Waals surface area (Å²) in [4.78, 5) is 0.286. The van der Waals surface area contributed by atoms with Crippen molar-refractivity contribution in [1.82, 2.24) is 4.31 Å². The molecule has 0 aromatic heterocycles. The molecule has 0 aliphatic heterocycles. The molecular formula is C15H22BrNO3S. The first kappa shape index (κ1) is 16.9. The first-order valence-electron chi connectivity index (χ1n) is 7.26. The van der Waals surface area contributed by atoms with Gasteiger partial charge in [-0.05, 0) is 43.0 Å². The Morgan fingerprint density at radius 1 is 1.29 bits per heavy atom. The summed E-state index contributed by atoms with van der Waals surface area (Å²) in [6.07, 6.45) is 5.22. The highest BCUT2D eigenvalue weighted by Gasteiger charge is 2.30. The van der Waals surface area contributed by atoms with Gasteiger partial charge in [0.25, 0.3) is 0 Å². The molecule has 4 nitrogen and oxygen atoms in total. The number of halogens is 1. The molecule has 1 fully saturated rings. The fourth-order valence-corrected chi connectivity index (χ4v) is 5.21. The van der Waals surface area contributed by atoms with Crippen LogP contribution in [-0.4, -0.2) is 30.9 Å². The summed E-state index contributed by atoms with van der Waals surface area (Å²) < 4.78 is 28.0. The average molecular weight is 376 g/mol. The van der Waals surface area contributed by atoms with Gasteiger partial charge in [0.1, 0.15) is 0 Å². The van der Waals surface area contributed by atoms with Crippen LogP contribution in [0.2, 0.25) is 0 Å². The van der Waals surface area contributed by atoms with E-state index in [0.717, 1.165) is 25.7 Å².